The number of nitrogens with zero attached hydrogens (tertiary/aromatic N) is 3. The largest absolute Gasteiger partial charge is 0.301 e. The minimum absolute atomic E-state index is 0.144. The molecule has 4 aromatic rings. The molecule has 2 aromatic carbocycles. The van der Waals surface area contributed by atoms with E-state index in [1.54, 1.807) is 25.0 Å². The molecule has 0 saturated heterocycles. The quantitative estimate of drug-likeness (QED) is 0.247. The fourth-order valence-corrected chi connectivity index (χ4v) is 4.79. The number of carbonyl (C=O) groups is 1. The number of halogens is 1. The summed E-state index contributed by atoms with van der Waals surface area (Å²) in [6.07, 6.45) is 4.25. The van der Waals surface area contributed by atoms with Gasteiger partial charge in [0.2, 0.25) is 0 Å². The van der Waals surface area contributed by atoms with Gasteiger partial charge in [0.1, 0.15) is 22.8 Å². The van der Waals surface area contributed by atoms with Crippen molar-refractivity contribution in [1.82, 2.24) is 14.5 Å². The monoisotopic (exact) mass is 465 g/mol. The molecule has 4 nitrogen and oxygen atoms in total. The highest BCUT2D eigenvalue weighted by Gasteiger charge is 2.19. The Morgan fingerprint density at radius 1 is 1.10 bits per heavy atom. The maximum absolute atomic E-state index is 11.6. The number of fused-ring (bicyclic) bond motifs is 1. The fraction of sp³-hybridized carbons (Fsp3) is 0.174. The van der Waals surface area contributed by atoms with Crippen LogP contribution in [-0.2, 0) is 4.79 Å². The Bertz CT molecular complexity index is 1160. The van der Waals surface area contributed by atoms with Crippen molar-refractivity contribution in [2.24, 2.45) is 0 Å². The molecule has 1 atom stereocenters. The van der Waals surface area contributed by atoms with Crippen LogP contribution in [0.4, 0.5) is 0 Å². The van der Waals surface area contributed by atoms with Gasteiger partial charge < -0.3 is 4.57 Å². The molecule has 0 radical (unpaired) electrons. The van der Waals surface area contributed by atoms with Crippen LogP contribution in [0.15, 0.2) is 76.6 Å². The molecule has 4 rings (SSSR count). The molecule has 6 heteroatoms. The summed E-state index contributed by atoms with van der Waals surface area (Å²) < 4.78 is 3.14. The van der Waals surface area contributed by atoms with Gasteiger partial charge in [-0.1, -0.05) is 53.2 Å². The van der Waals surface area contributed by atoms with Gasteiger partial charge >= 0.3 is 0 Å². The van der Waals surface area contributed by atoms with Crippen molar-refractivity contribution < 1.29 is 4.79 Å². The molecule has 0 aliphatic carbocycles. The van der Waals surface area contributed by atoms with Crippen molar-refractivity contribution >= 4 is 44.5 Å². The lowest BCUT2D eigenvalue weighted by Crippen LogP contribution is -2.04. The van der Waals surface area contributed by atoms with Gasteiger partial charge in [-0.3, -0.25) is 4.79 Å². The second kappa shape index (κ2) is 8.51. The summed E-state index contributed by atoms with van der Waals surface area (Å²) in [7, 11) is 0. The number of ketones is 1. The minimum atomic E-state index is 0.144. The molecular weight excluding hydrogens is 446 g/mol. The lowest BCUT2D eigenvalue weighted by atomic mass is 10.1. The number of rotatable bonds is 6. The molecule has 2 aromatic heterocycles. The van der Waals surface area contributed by atoms with Gasteiger partial charge in [0.15, 0.2) is 0 Å². The highest BCUT2D eigenvalue weighted by Crippen LogP contribution is 2.38. The minimum Gasteiger partial charge on any atom is -0.301 e. The van der Waals surface area contributed by atoms with Crippen LogP contribution in [-0.4, -0.2) is 25.6 Å². The molecule has 146 valence electrons. The first kappa shape index (κ1) is 19.9. The van der Waals surface area contributed by atoms with Crippen LogP contribution in [0.25, 0.3) is 27.8 Å². The van der Waals surface area contributed by atoms with Crippen molar-refractivity contribution in [3.8, 4) is 16.8 Å². The summed E-state index contributed by atoms with van der Waals surface area (Å²) in [4.78, 5) is 20.8. The summed E-state index contributed by atoms with van der Waals surface area (Å²) in [5.41, 5.74) is 4.09. The standard InChI is InChI=1S/C23H20BrN3OS/c1-15(28)12-16(2)29-23-21-20(17-6-4-3-5-7-17)13-27(22(21)25-14-26-23)19-10-8-18(24)9-11-19/h3-11,13-14,16H,12H2,1-2H3. The van der Waals surface area contributed by atoms with Crippen molar-refractivity contribution in [3.63, 3.8) is 0 Å². The Morgan fingerprint density at radius 3 is 2.52 bits per heavy atom. The molecule has 0 amide bonds. The second-order valence-electron chi connectivity index (χ2n) is 6.97. The SMILES string of the molecule is CC(=O)CC(C)Sc1ncnc2c1c(-c1ccccc1)cn2-c1ccc(Br)cc1. The topological polar surface area (TPSA) is 47.8 Å². The summed E-state index contributed by atoms with van der Waals surface area (Å²) in [5.74, 6) is 0.186. The molecule has 2 heterocycles. The maximum atomic E-state index is 11.6. The predicted molar refractivity (Wildman–Crippen MR) is 123 cm³/mol. The third-order valence-corrected chi connectivity index (χ3v) is 6.26. The number of Topliss-reactive ketones (excluding diaryl/α,β-unsaturated/α-hetero) is 1. The molecule has 29 heavy (non-hydrogen) atoms. The second-order valence-corrected chi connectivity index (χ2v) is 9.31. The van der Waals surface area contributed by atoms with Gasteiger partial charge in [0, 0.05) is 33.6 Å². The normalized spacial score (nSPS) is 12.2. The first-order valence-corrected chi connectivity index (χ1v) is 11.0. The zero-order valence-electron chi connectivity index (χ0n) is 16.2. The lowest BCUT2D eigenvalue weighted by Gasteiger charge is -2.10. The van der Waals surface area contributed by atoms with Crippen molar-refractivity contribution in [1.29, 1.82) is 0 Å². The Labute approximate surface area is 182 Å². The average Bonchev–Trinajstić information content (AvgIpc) is 3.09. The van der Waals surface area contributed by atoms with Crippen LogP contribution in [0.1, 0.15) is 20.3 Å². The van der Waals surface area contributed by atoms with Crippen LogP contribution in [0, 0.1) is 0 Å². The lowest BCUT2D eigenvalue weighted by molar-refractivity contribution is -0.116. The van der Waals surface area contributed by atoms with Crippen LogP contribution < -0.4 is 0 Å². The first-order chi connectivity index (χ1) is 14.0. The molecule has 0 aliphatic heterocycles. The van der Waals surface area contributed by atoms with Gasteiger partial charge in [-0.2, -0.15) is 0 Å². The van der Waals surface area contributed by atoms with Crippen LogP contribution in [0.2, 0.25) is 0 Å². The van der Waals surface area contributed by atoms with Crippen molar-refractivity contribution in [3.05, 3.63) is 71.6 Å². The Hall–Kier alpha value is -2.44. The van der Waals surface area contributed by atoms with E-state index in [1.165, 1.54) is 0 Å². The average molecular weight is 466 g/mol. The first-order valence-electron chi connectivity index (χ1n) is 9.36. The number of thioether (sulfide) groups is 1. The number of aromatic nitrogens is 3. The molecule has 1 unspecified atom stereocenters. The third kappa shape index (κ3) is 4.28. The number of carbonyl (C=O) groups excluding carboxylic acids is 1. The zero-order valence-corrected chi connectivity index (χ0v) is 18.6. The Kier molecular flexibility index (Phi) is 5.83. The van der Waals surface area contributed by atoms with Gasteiger partial charge in [-0.05, 0) is 36.8 Å². The van der Waals surface area contributed by atoms with E-state index in [0.717, 1.165) is 37.3 Å². The highest BCUT2D eigenvalue weighted by atomic mass is 79.9. The van der Waals surface area contributed by atoms with E-state index in [2.05, 4.69) is 67.9 Å². The van der Waals surface area contributed by atoms with Crippen LogP contribution in [0.5, 0.6) is 0 Å². The molecule has 0 fully saturated rings. The Morgan fingerprint density at radius 2 is 1.83 bits per heavy atom. The fourth-order valence-electron chi connectivity index (χ4n) is 3.40. The van der Waals surface area contributed by atoms with E-state index in [9.17, 15) is 4.79 Å². The predicted octanol–water partition coefficient (Wildman–Crippen LogP) is 6.31. The molecule has 0 N–H and O–H groups in total. The van der Waals surface area contributed by atoms with Crippen LogP contribution >= 0.6 is 27.7 Å². The van der Waals surface area contributed by atoms with Gasteiger partial charge in [0.05, 0.1) is 5.39 Å². The molecule has 0 saturated carbocycles. The summed E-state index contributed by atoms with van der Waals surface area (Å²) >= 11 is 5.13. The van der Waals surface area contributed by atoms with E-state index in [4.69, 9.17) is 0 Å². The summed E-state index contributed by atoms with van der Waals surface area (Å²) in [6.45, 7) is 3.69. The molecule has 0 bridgehead atoms. The van der Waals surface area contributed by atoms with Crippen LogP contribution in [0.3, 0.4) is 0 Å². The third-order valence-electron chi connectivity index (χ3n) is 4.63. The van der Waals surface area contributed by atoms with E-state index in [-0.39, 0.29) is 11.0 Å². The zero-order chi connectivity index (χ0) is 20.4. The van der Waals surface area contributed by atoms with Crippen molar-refractivity contribution in [2.75, 3.05) is 0 Å². The van der Waals surface area contributed by atoms with Gasteiger partial charge in [-0.25, -0.2) is 9.97 Å². The van der Waals surface area contributed by atoms with E-state index >= 15 is 0 Å². The number of benzene rings is 2. The van der Waals surface area contributed by atoms with E-state index in [1.807, 2.05) is 30.3 Å². The molecule has 0 spiro atoms. The summed E-state index contributed by atoms with van der Waals surface area (Å²) in [6, 6.07) is 18.4. The number of hydrogen-bond donors (Lipinski definition) is 0. The summed E-state index contributed by atoms with van der Waals surface area (Å²) in [5, 5.41) is 2.06. The molecule has 0 aliphatic rings. The van der Waals surface area contributed by atoms with E-state index < -0.39 is 0 Å². The smallest absolute Gasteiger partial charge is 0.149 e. The van der Waals surface area contributed by atoms with Crippen molar-refractivity contribution in [2.45, 2.75) is 30.5 Å². The van der Waals surface area contributed by atoms with Gasteiger partial charge in [0.25, 0.3) is 0 Å². The van der Waals surface area contributed by atoms with E-state index in [0.29, 0.717) is 6.42 Å². The Balaban J connectivity index is 1.91. The maximum Gasteiger partial charge on any atom is 0.149 e. The number of hydrogen-bond acceptors (Lipinski definition) is 4. The highest BCUT2D eigenvalue weighted by molar-refractivity contribution is 9.10. The molecular formula is C23H20BrN3OS. The van der Waals surface area contributed by atoms with Gasteiger partial charge in [-0.15, -0.1) is 11.8 Å².